The van der Waals surface area contributed by atoms with Crippen LogP contribution in [0.2, 0.25) is 0 Å². The number of benzene rings is 1. The van der Waals surface area contributed by atoms with Gasteiger partial charge in [-0.05, 0) is 12.1 Å². The third-order valence-corrected chi connectivity index (χ3v) is 2.30. The number of nitrogens with one attached hydrogen (secondary N) is 1. The molecule has 3 nitrogen and oxygen atoms in total. The number of imidazole rings is 1. The Balaban J connectivity index is 0.000000853. The highest BCUT2D eigenvalue weighted by atomic mass is 127. The molecule has 0 saturated heterocycles. The van der Waals surface area contributed by atoms with Crippen LogP contribution in [0.25, 0.3) is 16.7 Å². The highest BCUT2D eigenvalue weighted by molar-refractivity contribution is 5.71. The summed E-state index contributed by atoms with van der Waals surface area (Å²) >= 11 is 0. The minimum atomic E-state index is 0. The van der Waals surface area contributed by atoms with Gasteiger partial charge in [-0.1, -0.05) is 12.1 Å². The Kier molecular flexibility index (Phi) is 2.77. The average molecular weight is 312 g/mol. The lowest BCUT2D eigenvalue weighted by molar-refractivity contribution is -0.567. The van der Waals surface area contributed by atoms with E-state index >= 15 is 0 Å². The fourth-order valence-electron chi connectivity index (χ4n) is 1.62. The number of halogens is 1. The second-order valence-corrected chi connectivity index (χ2v) is 3.14. The number of nitrogens with zero attached hydrogens (tertiary/aromatic N) is 1. The van der Waals surface area contributed by atoms with Gasteiger partial charge in [-0.25, -0.2) is 4.98 Å². The monoisotopic (exact) mass is 312 g/mol. The molecule has 4 heteroatoms. The quantitative estimate of drug-likeness (QED) is 0.456. The lowest BCUT2D eigenvalue weighted by atomic mass is 10.3. The summed E-state index contributed by atoms with van der Waals surface area (Å²) in [6, 6.07) is 10.1. The molecule has 0 fully saturated rings. The number of hydrogen-bond acceptors (Lipinski definition) is 1. The van der Waals surface area contributed by atoms with Crippen molar-refractivity contribution in [3.63, 3.8) is 0 Å². The molecule has 15 heavy (non-hydrogen) atoms. The summed E-state index contributed by atoms with van der Waals surface area (Å²) in [7, 11) is 0. The molecule has 3 aromatic rings. The SMILES string of the molecule is [I-].c1ccc2c(c1)[nH]c[n+]2-c1ccoc1. The van der Waals surface area contributed by atoms with E-state index < -0.39 is 0 Å². The summed E-state index contributed by atoms with van der Waals surface area (Å²) in [4.78, 5) is 3.20. The van der Waals surface area contributed by atoms with Crippen molar-refractivity contribution < 1.29 is 33.0 Å². The molecule has 0 saturated carbocycles. The molecular weight excluding hydrogens is 303 g/mol. The van der Waals surface area contributed by atoms with E-state index in [-0.39, 0.29) is 24.0 Å². The fourth-order valence-corrected chi connectivity index (χ4v) is 1.62. The molecule has 2 heterocycles. The van der Waals surface area contributed by atoms with E-state index in [1.165, 1.54) is 0 Å². The molecule has 0 atom stereocenters. The molecule has 0 bridgehead atoms. The number of aromatic amines is 1. The van der Waals surface area contributed by atoms with E-state index in [4.69, 9.17) is 4.42 Å². The third-order valence-electron chi connectivity index (χ3n) is 2.30. The zero-order valence-electron chi connectivity index (χ0n) is 7.85. The Labute approximate surface area is 104 Å². The van der Waals surface area contributed by atoms with Crippen LogP contribution in [0, 0.1) is 0 Å². The van der Waals surface area contributed by atoms with Crippen LogP contribution in [-0.4, -0.2) is 4.98 Å². The Bertz CT molecular complexity index is 557. The maximum atomic E-state index is 5.05. The van der Waals surface area contributed by atoms with Crippen LogP contribution >= 0.6 is 0 Å². The van der Waals surface area contributed by atoms with Crippen molar-refractivity contribution in [2.45, 2.75) is 0 Å². The molecular formula is C11H9IN2O. The van der Waals surface area contributed by atoms with Gasteiger partial charge in [0.15, 0.2) is 16.7 Å². The number of furan rings is 1. The number of para-hydroxylation sites is 2. The molecule has 0 amide bonds. The van der Waals surface area contributed by atoms with Crippen LogP contribution < -0.4 is 28.5 Å². The van der Waals surface area contributed by atoms with Gasteiger partial charge in [0.05, 0.1) is 6.26 Å². The van der Waals surface area contributed by atoms with Crippen molar-refractivity contribution in [1.82, 2.24) is 4.98 Å². The molecule has 2 aromatic heterocycles. The summed E-state index contributed by atoms with van der Waals surface area (Å²) in [6.45, 7) is 0. The van der Waals surface area contributed by atoms with E-state index in [9.17, 15) is 0 Å². The largest absolute Gasteiger partial charge is 1.00 e. The van der Waals surface area contributed by atoms with Gasteiger partial charge in [0.1, 0.15) is 6.26 Å². The minimum absolute atomic E-state index is 0. The van der Waals surface area contributed by atoms with Gasteiger partial charge in [0, 0.05) is 6.07 Å². The van der Waals surface area contributed by atoms with Crippen molar-refractivity contribution in [2.75, 3.05) is 0 Å². The highest BCUT2D eigenvalue weighted by Crippen LogP contribution is 2.09. The molecule has 0 aliphatic rings. The Morgan fingerprint density at radius 2 is 2.00 bits per heavy atom. The Hall–Kier alpha value is -1.30. The number of aromatic nitrogens is 2. The summed E-state index contributed by atoms with van der Waals surface area (Å²) in [5, 5.41) is 0. The van der Waals surface area contributed by atoms with Crippen molar-refractivity contribution in [3.05, 3.63) is 49.2 Å². The minimum Gasteiger partial charge on any atom is -1.00 e. The number of hydrogen-bond donors (Lipinski definition) is 1. The second kappa shape index (κ2) is 4.06. The molecule has 1 aromatic carbocycles. The highest BCUT2D eigenvalue weighted by Gasteiger charge is 2.10. The van der Waals surface area contributed by atoms with Crippen LogP contribution in [0.3, 0.4) is 0 Å². The van der Waals surface area contributed by atoms with Gasteiger partial charge >= 0.3 is 0 Å². The molecule has 1 N–H and O–H groups in total. The lowest BCUT2D eigenvalue weighted by Gasteiger charge is -1.89. The van der Waals surface area contributed by atoms with Crippen LogP contribution in [0.4, 0.5) is 0 Å². The lowest BCUT2D eigenvalue weighted by Crippen LogP contribution is -3.00. The first-order valence-corrected chi connectivity index (χ1v) is 4.45. The third kappa shape index (κ3) is 1.65. The van der Waals surface area contributed by atoms with Crippen LogP contribution in [0.5, 0.6) is 0 Å². The van der Waals surface area contributed by atoms with E-state index in [0.29, 0.717) is 0 Å². The summed E-state index contributed by atoms with van der Waals surface area (Å²) in [5.41, 5.74) is 3.30. The molecule has 76 valence electrons. The molecule has 0 spiro atoms. The topological polar surface area (TPSA) is 32.8 Å². The summed E-state index contributed by atoms with van der Waals surface area (Å²) < 4.78 is 7.11. The van der Waals surface area contributed by atoms with Gasteiger partial charge in [-0.3, -0.25) is 0 Å². The predicted octanol–water partition coefficient (Wildman–Crippen LogP) is -0.958. The van der Waals surface area contributed by atoms with E-state index in [1.807, 2.05) is 30.6 Å². The van der Waals surface area contributed by atoms with Crippen LogP contribution in [0.15, 0.2) is 53.6 Å². The predicted molar refractivity (Wildman–Crippen MR) is 52.1 cm³/mol. The van der Waals surface area contributed by atoms with Crippen LogP contribution in [-0.2, 0) is 0 Å². The Morgan fingerprint density at radius 3 is 2.80 bits per heavy atom. The number of H-pyrrole nitrogens is 1. The first-order chi connectivity index (χ1) is 6.95. The molecule has 0 radical (unpaired) electrons. The number of rotatable bonds is 1. The van der Waals surface area contributed by atoms with Crippen LogP contribution in [0.1, 0.15) is 0 Å². The fraction of sp³-hybridized carbons (Fsp3) is 0. The smallest absolute Gasteiger partial charge is 0.247 e. The summed E-state index contributed by atoms with van der Waals surface area (Å²) in [5.74, 6) is 0. The van der Waals surface area contributed by atoms with Gasteiger partial charge in [-0.15, -0.1) is 0 Å². The molecule has 0 unspecified atom stereocenters. The van der Waals surface area contributed by atoms with E-state index in [0.717, 1.165) is 16.7 Å². The Morgan fingerprint density at radius 1 is 1.13 bits per heavy atom. The maximum Gasteiger partial charge on any atom is 0.247 e. The molecule has 3 rings (SSSR count). The first kappa shape index (κ1) is 10.2. The standard InChI is InChI=1S/C11H8N2O.HI/c1-2-4-11-10(3-1)12-8-13(11)9-5-6-14-7-9;/h1-8H;1H. The normalized spacial score (nSPS) is 10.1. The zero-order valence-corrected chi connectivity index (χ0v) is 10.0. The van der Waals surface area contributed by atoms with Crippen molar-refractivity contribution in [3.8, 4) is 5.69 Å². The zero-order chi connectivity index (χ0) is 9.38. The van der Waals surface area contributed by atoms with Crippen molar-refractivity contribution in [2.24, 2.45) is 0 Å². The number of fused-ring (bicyclic) bond motifs is 1. The average Bonchev–Trinajstić information content (AvgIpc) is 2.85. The maximum absolute atomic E-state index is 5.05. The van der Waals surface area contributed by atoms with Gasteiger partial charge < -0.3 is 28.4 Å². The van der Waals surface area contributed by atoms with E-state index in [2.05, 4.69) is 15.6 Å². The second-order valence-electron chi connectivity index (χ2n) is 3.14. The van der Waals surface area contributed by atoms with Crippen molar-refractivity contribution >= 4 is 11.0 Å². The van der Waals surface area contributed by atoms with Gasteiger partial charge in [0.25, 0.3) is 0 Å². The van der Waals surface area contributed by atoms with Gasteiger partial charge in [0.2, 0.25) is 6.33 Å². The first-order valence-electron chi connectivity index (χ1n) is 4.45. The van der Waals surface area contributed by atoms with Gasteiger partial charge in [-0.2, -0.15) is 4.57 Å². The molecule has 0 aliphatic heterocycles. The van der Waals surface area contributed by atoms with E-state index in [1.54, 1.807) is 12.5 Å². The summed E-state index contributed by atoms with van der Waals surface area (Å²) in [6.07, 6.45) is 5.32. The van der Waals surface area contributed by atoms with Crippen molar-refractivity contribution in [1.29, 1.82) is 0 Å². The molecule has 0 aliphatic carbocycles.